The lowest BCUT2D eigenvalue weighted by atomic mass is 9.78. The first-order valence-electron chi connectivity index (χ1n) is 6.59. The lowest BCUT2D eigenvalue weighted by Gasteiger charge is -2.37. The van der Waals surface area contributed by atoms with Crippen LogP contribution in [0.25, 0.3) is 0 Å². The molecule has 0 saturated heterocycles. The van der Waals surface area contributed by atoms with Crippen LogP contribution in [0.15, 0.2) is 24.3 Å². The van der Waals surface area contributed by atoms with Gasteiger partial charge in [-0.2, -0.15) is 0 Å². The first kappa shape index (κ1) is 13.1. The number of rotatable bonds is 4. The van der Waals surface area contributed by atoms with Crippen LogP contribution in [-0.4, -0.2) is 17.2 Å². The molecule has 0 bridgehead atoms. The summed E-state index contributed by atoms with van der Waals surface area (Å²) in [6, 6.07) is 7.75. The minimum Gasteiger partial charge on any atom is -0.479 e. The maximum Gasteiger partial charge on any atom is 0.340 e. The van der Waals surface area contributed by atoms with Gasteiger partial charge in [-0.3, -0.25) is 0 Å². The Morgan fingerprint density at radius 3 is 2.89 bits per heavy atom. The number of carbonyl (C=O) groups is 1. The summed E-state index contributed by atoms with van der Waals surface area (Å²) in [4.78, 5) is 11.8. The third-order valence-corrected chi connectivity index (χ3v) is 3.75. The predicted molar refractivity (Wildman–Crippen MR) is 69.5 cm³/mol. The SMILES string of the molecule is CCC(C)OC1(C(=O)O)CCCc2ccccc21. The third-order valence-electron chi connectivity index (χ3n) is 3.75. The largest absolute Gasteiger partial charge is 0.479 e. The summed E-state index contributed by atoms with van der Waals surface area (Å²) < 4.78 is 5.92. The van der Waals surface area contributed by atoms with Crippen LogP contribution >= 0.6 is 0 Å². The second kappa shape index (κ2) is 5.11. The number of hydrogen-bond donors (Lipinski definition) is 1. The minimum absolute atomic E-state index is 0.0488. The molecule has 2 atom stereocenters. The molecule has 1 N–H and O–H groups in total. The van der Waals surface area contributed by atoms with E-state index in [2.05, 4.69) is 0 Å². The van der Waals surface area contributed by atoms with Crippen molar-refractivity contribution in [1.82, 2.24) is 0 Å². The Bertz CT molecular complexity index is 441. The lowest BCUT2D eigenvalue weighted by Crippen LogP contribution is -2.43. The molecular formula is C15H20O3. The summed E-state index contributed by atoms with van der Waals surface area (Å²) in [7, 11) is 0. The summed E-state index contributed by atoms with van der Waals surface area (Å²) in [5, 5.41) is 9.65. The lowest BCUT2D eigenvalue weighted by molar-refractivity contribution is -0.178. The standard InChI is InChI=1S/C15H20O3/c1-3-11(2)18-15(14(16)17)10-6-8-12-7-4-5-9-13(12)15/h4-5,7,9,11H,3,6,8,10H2,1-2H3,(H,16,17). The van der Waals surface area contributed by atoms with Crippen LogP contribution in [0.4, 0.5) is 0 Å². The first-order chi connectivity index (χ1) is 8.60. The zero-order valence-corrected chi connectivity index (χ0v) is 11.0. The van der Waals surface area contributed by atoms with E-state index in [0.29, 0.717) is 6.42 Å². The second-order valence-electron chi connectivity index (χ2n) is 4.98. The number of benzene rings is 1. The molecule has 1 aliphatic carbocycles. The first-order valence-corrected chi connectivity index (χ1v) is 6.59. The summed E-state index contributed by atoms with van der Waals surface area (Å²) in [5.74, 6) is -0.866. The molecule has 98 valence electrons. The van der Waals surface area contributed by atoms with E-state index in [9.17, 15) is 9.90 Å². The molecule has 2 unspecified atom stereocenters. The highest BCUT2D eigenvalue weighted by Crippen LogP contribution is 2.39. The molecule has 2 rings (SSSR count). The number of carboxylic acids is 1. The Hall–Kier alpha value is -1.35. The van der Waals surface area contributed by atoms with Gasteiger partial charge in [-0.15, -0.1) is 0 Å². The van der Waals surface area contributed by atoms with Gasteiger partial charge in [0.25, 0.3) is 0 Å². The fraction of sp³-hybridized carbons (Fsp3) is 0.533. The molecule has 3 nitrogen and oxygen atoms in total. The highest BCUT2D eigenvalue weighted by Gasteiger charge is 2.45. The quantitative estimate of drug-likeness (QED) is 0.890. The third kappa shape index (κ3) is 2.15. The Morgan fingerprint density at radius 2 is 2.22 bits per heavy atom. The maximum absolute atomic E-state index is 11.8. The molecule has 18 heavy (non-hydrogen) atoms. The smallest absolute Gasteiger partial charge is 0.340 e. The van der Waals surface area contributed by atoms with Crippen LogP contribution in [0.2, 0.25) is 0 Å². The average Bonchev–Trinajstić information content (AvgIpc) is 2.38. The fourth-order valence-electron chi connectivity index (χ4n) is 2.62. The molecule has 0 fully saturated rings. The van der Waals surface area contributed by atoms with Gasteiger partial charge in [0.05, 0.1) is 6.10 Å². The predicted octanol–water partition coefficient (Wildman–Crippen LogP) is 3.12. The second-order valence-corrected chi connectivity index (χ2v) is 4.98. The normalized spacial score (nSPS) is 24.3. The maximum atomic E-state index is 11.8. The van der Waals surface area contributed by atoms with Crippen molar-refractivity contribution in [2.24, 2.45) is 0 Å². The van der Waals surface area contributed by atoms with Gasteiger partial charge in [-0.1, -0.05) is 31.2 Å². The molecular weight excluding hydrogens is 228 g/mol. The van der Waals surface area contributed by atoms with Crippen molar-refractivity contribution >= 4 is 5.97 Å². The molecule has 0 aliphatic heterocycles. The number of fused-ring (bicyclic) bond motifs is 1. The highest BCUT2D eigenvalue weighted by atomic mass is 16.5. The van der Waals surface area contributed by atoms with E-state index in [1.807, 2.05) is 38.1 Å². The van der Waals surface area contributed by atoms with E-state index in [4.69, 9.17) is 4.74 Å². The molecule has 3 heteroatoms. The zero-order chi connectivity index (χ0) is 13.2. The van der Waals surface area contributed by atoms with Gasteiger partial charge in [-0.05, 0) is 43.7 Å². The molecule has 1 aliphatic rings. The Morgan fingerprint density at radius 1 is 1.50 bits per heavy atom. The van der Waals surface area contributed by atoms with Crippen LogP contribution < -0.4 is 0 Å². The molecule has 0 radical (unpaired) electrons. The topological polar surface area (TPSA) is 46.5 Å². The van der Waals surface area contributed by atoms with Crippen molar-refractivity contribution in [3.8, 4) is 0 Å². The van der Waals surface area contributed by atoms with E-state index in [1.54, 1.807) is 0 Å². The van der Waals surface area contributed by atoms with Crippen LogP contribution in [0, 0.1) is 0 Å². The van der Waals surface area contributed by atoms with Crippen molar-refractivity contribution in [3.63, 3.8) is 0 Å². The molecule has 0 saturated carbocycles. The average molecular weight is 248 g/mol. The number of carboxylic acid groups (broad SMARTS) is 1. The van der Waals surface area contributed by atoms with Gasteiger partial charge in [-0.25, -0.2) is 4.79 Å². The van der Waals surface area contributed by atoms with Crippen LogP contribution in [-0.2, 0) is 21.6 Å². The minimum atomic E-state index is -1.15. The molecule has 0 aromatic heterocycles. The number of ether oxygens (including phenoxy) is 1. The van der Waals surface area contributed by atoms with E-state index >= 15 is 0 Å². The summed E-state index contributed by atoms with van der Waals surface area (Å²) in [6.45, 7) is 3.94. The Kier molecular flexibility index (Phi) is 3.71. The van der Waals surface area contributed by atoms with E-state index in [1.165, 1.54) is 0 Å². The van der Waals surface area contributed by atoms with Crippen molar-refractivity contribution in [2.75, 3.05) is 0 Å². The van der Waals surface area contributed by atoms with E-state index in [-0.39, 0.29) is 6.10 Å². The van der Waals surface area contributed by atoms with Crippen LogP contribution in [0.3, 0.4) is 0 Å². The summed E-state index contributed by atoms with van der Waals surface area (Å²) in [5.41, 5.74) is 0.795. The molecule has 0 heterocycles. The van der Waals surface area contributed by atoms with Gasteiger partial charge < -0.3 is 9.84 Å². The fourth-order valence-corrected chi connectivity index (χ4v) is 2.62. The van der Waals surface area contributed by atoms with E-state index in [0.717, 1.165) is 30.4 Å². The van der Waals surface area contributed by atoms with Gasteiger partial charge >= 0.3 is 5.97 Å². The van der Waals surface area contributed by atoms with Gasteiger partial charge in [0.15, 0.2) is 5.60 Å². The number of aliphatic carboxylic acids is 1. The van der Waals surface area contributed by atoms with Gasteiger partial charge in [0.1, 0.15) is 0 Å². The van der Waals surface area contributed by atoms with Gasteiger partial charge in [0, 0.05) is 0 Å². The summed E-state index contributed by atoms with van der Waals surface area (Å²) >= 11 is 0. The van der Waals surface area contributed by atoms with Crippen molar-refractivity contribution in [3.05, 3.63) is 35.4 Å². The molecule has 0 amide bonds. The zero-order valence-electron chi connectivity index (χ0n) is 11.0. The van der Waals surface area contributed by atoms with Crippen molar-refractivity contribution in [1.29, 1.82) is 0 Å². The monoisotopic (exact) mass is 248 g/mol. The van der Waals surface area contributed by atoms with Crippen LogP contribution in [0.5, 0.6) is 0 Å². The Labute approximate surface area is 108 Å². The number of aryl methyl sites for hydroxylation is 1. The summed E-state index contributed by atoms with van der Waals surface area (Å²) in [6.07, 6.45) is 3.13. The number of hydrogen-bond acceptors (Lipinski definition) is 2. The van der Waals surface area contributed by atoms with Crippen molar-refractivity contribution < 1.29 is 14.6 Å². The van der Waals surface area contributed by atoms with Gasteiger partial charge in [0.2, 0.25) is 0 Å². The molecule has 0 spiro atoms. The molecule has 1 aromatic rings. The van der Waals surface area contributed by atoms with Crippen molar-refractivity contribution in [2.45, 2.75) is 51.2 Å². The molecule has 1 aromatic carbocycles. The van der Waals surface area contributed by atoms with E-state index < -0.39 is 11.6 Å². The highest BCUT2D eigenvalue weighted by molar-refractivity contribution is 5.80. The Balaban J connectivity index is 2.46. The van der Waals surface area contributed by atoms with Crippen LogP contribution in [0.1, 0.15) is 44.2 Å².